The fraction of sp³-hybridized carbons (Fsp3) is 0.250. The molecule has 5 nitrogen and oxygen atoms in total. The van der Waals surface area contributed by atoms with Crippen LogP contribution in [0.1, 0.15) is 10.4 Å². The quantitative estimate of drug-likeness (QED) is 0.806. The fourth-order valence-corrected chi connectivity index (χ4v) is 3.97. The molecule has 0 saturated carbocycles. The van der Waals surface area contributed by atoms with E-state index in [2.05, 4.69) is 25.6 Å². The number of hydrogen-bond donors (Lipinski definition) is 2. The summed E-state index contributed by atoms with van der Waals surface area (Å²) in [5, 5.41) is 8.85. The maximum atomic E-state index is 12.0. The van der Waals surface area contributed by atoms with Crippen LogP contribution in [0, 0.1) is 0 Å². The van der Waals surface area contributed by atoms with Crippen molar-refractivity contribution in [1.29, 1.82) is 0 Å². The Hall–Kier alpha value is -0.800. The molecule has 0 aliphatic rings. The zero-order chi connectivity index (χ0) is 14.6. The summed E-state index contributed by atoms with van der Waals surface area (Å²) < 4.78 is 27.5. The summed E-state index contributed by atoms with van der Waals surface area (Å²) in [6.45, 7) is 0.159. The lowest BCUT2D eigenvalue weighted by atomic mass is 10.3. The van der Waals surface area contributed by atoms with E-state index in [0.29, 0.717) is 18.5 Å². The van der Waals surface area contributed by atoms with Gasteiger partial charge in [-0.3, -0.25) is 0 Å². The van der Waals surface area contributed by atoms with Crippen LogP contribution in [0.3, 0.4) is 0 Å². The number of nitrogens with zero attached hydrogens (tertiary/aromatic N) is 1. The second-order valence-electron chi connectivity index (χ2n) is 4.02. The Bertz CT molecular complexity index is 668. The highest BCUT2D eigenvalue weighted by atomic mass is 79.9. The summed E-state index contributed by atoms with van der Waals surface area (Å²) >= 11 is 4.94. The summed E-state index contributed by atoms with van der Waals surface area (Å²) in [6, 6.07) is 6.81. The molecule has 0 unspecified atom stereocenters. The first-order valence-corrected chi connectivity index (χ1v) is 8.90. The topological polar surface area (TPSA) is 79.3 Å². The Morgan fingerprint density at radius 1 is 1.30 bits per heavy atom. The number of rotatable bonds is 6. The van der Waals surface area contributed by atoms with E-state index in [-0.39, 0.29) is 11.6 Å². The van der Waals surface area contributed by atoms with E-state index >= 15 is 0 Å². The van der Waals surface area contributed by atoms with Crippen molar-refractivity contribution in [2.24, 2.45) is 0 Å². The van der Waals surface area contributed by atoms with E-state index in [4.69, 9.17) is 5.11 Å². The third-order valence-electron chi connectivity index (χ3n) is 2.55. The molecule has 0 spiro atoms. The Labute approximate surface area is 129 Å². The predicted molar refractivity (Wildman–Crippen MR) is 81.1 cm³/mol. The molecule has 0 aromatic carbocycles. The zero-order valence-electron chi connectivity index (χ0n) is 10.4. The fourth-order valence-electron chi connectivity index (χ4n) is 1.53. The molecule has 20 heavy (non-hydrogen) atoms. The molecule has 0 bridgehead atoms. The number of hydrogen-bond acceptors (Lipinski definition) is 5. The standard InChI is InChI=1S/C12H13BrN2O3S2/c13-11-3-2-10(19-11)5-6-15-20(17,18)12-4-1-9(8-16)7-14-12/h1-4,7,15-16H,5-6,8H2. The lowest BCUT2D eigenvalue weighted by molar-refractivity contribution is 0.281. The Morgan fingerprint density at radius 3 is 2.65 bits per heavy atom. The average molecular weight is 377 g/mol. The van der Waals surface area contributed by atoms with Gasteiger partial charge in [0.1, 0.15) is 0 Å². The van der Waals surface area contributed by atoms with E-state index in [1.165, 1.54) is 18.3 Å². The first kappa shape index (κ1) is 15.6. The first-order valence-electron chi connectivity index (χ1n) is 5.81. The number of aromatic nitrogens is 1. The minimum Gasteiger partial charge on any atom is -0.392 e. The van der Waals surface area contributed by atoms with Gasteiger partial charge in [-0.05, 0) is 46.1 Å². The van der Waals surface area contributed by atoms with Crippen molar-refractivity contribution in [3.63, 3.8) is 0 Å². The van der Waals surface area contributed by atoms with Gasteiger partial charge in [0.15, 0.2) is 5.03 Å². The van der Waals surface area contributed by atoms with Crippen LogP contribution in [0.5, 0.6) is 0 Å². The monoisotopic (exact) mass is 376 g/mol. The molecule has 2 rings (SSSR count). The largest absolute Gasteiger partial charge is 0.392 e. The molecule has 8 heteroatoms. The molecule has 0 aliphatic heterocycles. The van der Waals surface area contributed by atoms with Crippen molar-refractivity contribution in [2.75, 3.05) is 6.54 Å². The van der Waals surface area contributed by atoms with Crippen molar-refractivity contribution >= 4 is 37.3 Å². The summed E-state index contributed by atoms with van der Waals surface area (Å²) in [7, 11) is -3.60. The number of thiophene rings is 1. The van der Waals surface area contributed by atoms with E-state index < -0.39 is 10.0 Å². The minimum atomic E-state index is -3.60. The average Bonchev–Trinajstić information content (AvgIpc) is 2.84. The molecule has 0 fully saturated rings. The summed E-state index contributed by atoms with van der Waals surface area (Å²) in [5.41, 5.74) is 0.576. The number of aliphatic hydroxyl groups is 1. The van der Waals surface area contributed by atoms with Gasteiger partial charge < -0.3 is 5.11 Å². The first-order chi connectivity index (χ1) is 9.51. The third kappa shape index (κ3) is 4.10. The molecule has 0 amide bonds. The lowest BCUT2D eigenvalue weighted by Crippen LogP contribution is -2.26. The summed E-state index contributed by atoms with van der Waals surface area (Å²) in [6.07, 6.45) is 1.98. The number of pyridine rings is 1. The molecular weight excluding hydrogens is 364 g/mol. The Balaban J connectivity index is 1.96. The van der Waals surface area contributed by atoms with Gasteiger partial charge in [-0.15, -0.1) is 11.3 Å². The maximum Gasteiger partial charge on any atom is 0.258 e. The molecule has 2 N–H and O–H groups in total. The van der Waals surface area contributed by atoms with Crippen molar-refractivity contribution in [1.82, 2.24) is 9.71 Å². The normalized spacial score (nSPS) is 11.7. The Morgan fingerprint density at radius 2 is 2.10 bits per heavy atom. The highest BCUT2D eigenvalue weighted by molar-refractivity contribution is 9.11. The van der Waals surface area contributed by atoms with Gasteiger partial charge in [-0.1, -0.05) is 6.07 Å². The minimum absolute atomic E-state index is 0.0398. The van der Waals surface area contributed by atoms with Gasteiger partial charge in [0.2, 0.25) is 0 Å². The van der Waals surface area contributed by atoms with Gasteiger partial charge in [-0.2, -0.15) is 0 Å². The van der Waals surface area contributed by atoms with Crippen LogP contribution in [-0.2, 0) is 23.1 Å². The molecule has 0 saturated heterocycles. The van der Waals surface area contributed by atoms with Crippen molar-refractivity contribution < 1.29 is 13.5 Å². The van der Waals surface area contributed by atoms with Crippen LogP contribution in [0.2, 0.25) is 0 Å². The second kappa shape index (κ2) is 6.77. The van der Waals surface area contributed by atoms with Gasteiger partial charge in [0.25, 0.3) is 10.0 Å². The molecule has 108 valence electrons. The smallest absolute Gasteiger partial charge is 0.258 e. The van der Waals surface area contributed by atoms with E-state index in [0.717, 1.165) is 8.66 Å². The number of aliphatic hydroxyl groups excluding tert-OH is 1. The molecule has 2 aromatic rings. The highest BCUT2D eigenvalue weighted by Gasteiger charge is 2.14. The zero-order valence-corrected chi connectivity index (χ0v) is 13.6. The van der Waals surface area contributed by atoms with Crippen LogP contribution >= 0.6 is 27.3 Å². The lowest BCUT2D eigenvalue weighted by Gasteiger charge is -2.05. The van der Waals surface area contributed by atoms with E-state index in [9.17, 15) is 8.42 Å². The number of sulfonamides is 1. The van der Waals surface area contributed by atoms with Crippen LogP contribution in [-0.4, -0.2) is 25.1 Å². The molecule has 2 heterocycles. The third-order valence-corrected chi connectivity index (χ3v) is 5.61. The summed E-state index contributed by atoms with van der Waals surface area (Å²) in [5.74, 6) is 0. The van der Waals surface area contributed by atoms with Crippen molar-refractivity contribution in [2.45, 2.75) is 18.1 Å². The van der Waals surface area contributed by atoms with Gasteiger partial charge in [-0.25, -0.2) is 18.1 Å². The van der Waals surface area contributed by atoms with Gasteiger partial charge in [0, 0.05) is 17.6 Å². The number of halogens is 1. The molecule has 0 radical (unpaired) electrons. The molecule has 2 aromatic heterocycles. The molecule has 0 atom stereocenters. The maximum absolute atomic E-state index is 12.0. The van der Waals surface area contributed by atoms with Crippen LogP contribution in [0.4, 0.5) is 0 Å². The van der Waals surface area contributed by atoms with E-state index in [1.807, 2.05) is 12.1 Å². The summed E-state index contributed by atoms with van der Waals surface area (Å²) in [4.78, 5) is 4.94. The molecule has 0 aliphatic carbocycles. The van der Waals surface area contributed by atoms with E-state index in [1.54, 1.807) is 11.3 Å². The highest BCUT2D eigenvalue weighted by Crippen LogP contribution is 2.22. The van der Waals surface area contributed by atoms with Crippen LogP contribution in [0.15, 0.2) is 39.3 Å². The van der Waals surface area contributed by atoms with Crippen LogP contribution < -0.4 is 4.72 Å². The van der Waals surface area contributed by atoms with Crippen LogP contribution in [0.25, 0.3) is 0 Å². The van der Waals surface area contributed by atoms with Gasteiger partial charge in [0.05, 0.1) is 10.4 Å². The predicted octanol–water partition coefficient (Wildman–Crippen LogP) is 1.92. The van der Waals surface area contributed by atoms with Gasteiger partial charge >= 0.3 is 0 Å². The van der Waals surface area contributed by atoms with Crippen molar-refractivity contribution in [3.8, 4) is 0 Å². The van der Waals surface area contributed by atoms with Crippen molar-refractivity contribution in [3.05, 3.63) is 44.7 Å². The second-order valence-corrected chi connectivity index (χ2v) is 8.28. The Kier molecular flexibility index (Phi) is 5.28. The SMILES string of the molecule is O=S(=O)(NCCc1ccc(Br)s1)c1ccc(CO)cn1. The molecular formula is C12H13BrN2O3S2. The number of nitrogens with one attached hydrogen (secondary N) is 1.